The molecule has 0 fully saturated rings. The van der Waals surface area contributed by atoms with Gasteiger partial charge in [0.2, 0.25) is 0 Å². The molecule has 20 heavy (non-hydrogen) atoms. The minimum Gasteiger partial charge on any atom is -0.388 e. The lowest BCUT2D eigenvalue weighted by Gasteiger charge is -2.13. The second kappa shape index (κ2) is 6.02. The Balaban J connectivity index is 1.69. The van der Waals surface area contributed by atoms with Crippen LogP contribution in [-0.4, -0.2) is 22.4 Å². The molecule has 2 unspecified atom stereocenters. The Hall–Kier alpha value is -1.93. The molecule has 2 atom stereocenters. The fourth-order valence-electron chi connectivity index (χ4n) is 2.82. The minimum absolute atomic E-state index is 0.223. The van der Waals surface area contributed by atoms with Gasteiger partial charge < -0.3 is 5.11 Å². The van der Waals surface area contributed by atoms with Crippen molar-refractivity contribution in [3.8, 4) is 0 Å². The molecule has 1 heterocycles. The number of rotatable bonds is 4. The molecular weight excluding hydrogens is 246 g/mol. The monoisotopic (exact) mass is 266 g/mol. The normalized spacial score (nSPS) is 19.6. The van der Waals surface area contributed by atoms with E-state index < -0.39 is 6.10 Å². The molecule has 0 saturated carbocycles. The van der Waals surface area contributed by atoms with Crippen molar-refractivity contribution < 1.29 is 9.68 Å². The summed E-state index contributed by atoms with van der Waals surface area (Å²) in [6, 6.07) is 20.4. The average Bonchev–Trinajstić information content (AvgIpc) is 2.97. The zero-order valence-electron chi connectivity index (χ0n) is 11.5. The van der Waals surface area contributed by atoms with Crippen LogP contribution in [0.15, 0.2) is 60.7 Å². The number of nitrogens with zero attached hydrogens (tertiary/aromatic N) is 1. The standard InChI is InChI=1S/C18H20NO/c20-18(16-9-5-2-6-10-16)17-11-12-19(14-17)13-15-7-3-1-4-8-15/h1-10,14,17-18,20H,11-13H2/q+1. The van der Waals surface area contributed by atoms with Crippen molar-refractivity contribution >= 4 is 6.21 Å². The zero-order chi connectivity index (χ0) is 13.8. The van der Waals surface area contributed by atoms with Gasteiger partial charge in [0.1, 0.15) is 12.8 Å². The number of aliphatic hydroxyl groups excluding tert-OH is 1. The molecule has 3 rings (SSSR count). The molecule has 102 valence electrons. The van der Waals surface area contributed by atoms with Crippen LogP contribution in [0, 0.1) is 5.92 Å². The highest BCUT2D eigenvalue weighted by atomic mass is 16.3. The van der Waals surface area contributed by atoms with Gasteiger partial charge in [-0.3, -0.25) is 0 Å². The summed E-state index contributed by atoms with van der Waals surface area (Å²) in [5.74, 6) is 0.223. The van der Waals surface area contributed by atoms with Crippen LogP contribution in [0.5, 0.6) is 0 Å². The predicted molar refractivity (Wildman–Crippen MR) is 80.8 cm³/mol. The van der Waals surface area contributed by atoms with E-state index in [4.69, 9.17) is 0 Å². The molecule has 2 aromatic carbocycles. The van der Waals surface area contributed by atoms with E-state index in [-0.39, 0.29) is 5.92 Å². The molecular formula is C18H20NO+. The first kappa shape index (κ1) is 13.1. The minimum atomic E-state index is -0.392. The maximum atomic E-state index is 10.4. The number of hydrogen-bond donors (Lipinski definition) is 1. The summed E-state index contributed by atoms with van der Waals surface area (Å²) in [6.45, 7) is 1.95. The molecule has 1 aliphatic rings. The number of hydrogen-bond acceptors (Lipinski definition) is 1. The van der Waals surface area contributed by atoms with Crippen LogP contribution >= 0.6 is 0 Å². The van der Waals surface area contributed by atoms with Gasteiger partial charge in [-0.15, -0.1) is 0 Å². The van der Waals surface area contributed by atoms with E-state index in [2.05, 4.69) is 35.1 Å². The Bertz CT molecular complexity index is 577. The number of aliphatic hydroxyl groups is 1. The molecule has 0 spiro atoms. The third-order valence-electron chi connectivity index (χ3n) is 3.93. The SMILES string of the molecule is OC(c1ccccc1)C1C=[N+](Cc2ccccc2)CC1. The fraction of sp³-hybridized carbons (Fsp3) is 0.278. The van der Waals surface area contributed by atoms with Crippen LogP contribution in [0.25, 0.3) is 0 Å². The summed E-state index contributed by atoms with van der Waals surface area (Å²) in [7, 11) is 0. The highest BCUT2D eigenvalue weighted by Gasteiger charge is 2.29. The third kappa shape index (κ3) is 2.97. The van der Waals surface area contributed by atoms with Crippen molar-refractivity contribution in [3.05, 3.63) is 71.8 Å². The van der Waals surface area contributed by atoms with E-state index >= 15 is 0 Å². The van der Waals surface area contributed by atoms with Crippen LogP contribution < -0.4 is 0 Å². The van der Waals surface area contributed by atoms with Crippen LogP contribution in [0.1, 0.15) is 23.7 Å². The van der Waals surface area contributed by atoms with E-state index in [1.807, 2.05) is 36.4 Å². The van der Waals surface area contributed by atoms with Gasteiger partial charge in [0.05, 0.1) is 12.0 Å². The second-order valence-electron chi connectivity index (χ2n) is 5.41. The van der Waals surface area contributed by atoms with Crippen LogP contribution in [0.4, 0.5) is 0 Å². The topological polar surface area (TPSA) is 23.2 Å². The quantitative estimate of drug-likeness (QED) is 0.845. The molecule has 0 amide bonds. The van der Waals surface area contributed by atoms with Crippen molar-refractivity contribution in [2.45, 2.75) is 19.1 Å². The fourth-order valence-corrected chi connectivity index (χ4v) is 2.82. The van der Waals surface area contributed by atoms with Crippen LogP contribution in [-0.2, 0) is 6.54 Å². The van der Waals surface area contributed by atoms with E-state index in [0.29, 0.717) is 0 Å². The lowest BCUT2D eigenvalue weighted by molar-refractivity contribution is -0.532. The Morgan fingerprint density at radius 2 is 1.65 bits per heavy atom. The Morgan fingerprint density at radius 3 is 2.35 bits per heavy atom. The Labute approximate surface area is 120 Å². The molecule has 1 aliphatic heterocycles. The predicted octanol–water partition coefficient (Wildman–Crippen LogP) is 3.02. The molecule has 2 aromatic rings. The molecule has 0 radical (unpaired) electrons. The van der Waals surface area contributed by atoms with Gasteiger partial charge in [0.25, 0.3) is 0 Å². The highest BCUT2D eigenvalue weighted by molar-refractivity contribution is 5.58. The van der Waals surface area contributed by atoms with Crippen molar-refractivity contribution in [1.82, 2.24) is 0 Å². The van der Waals surface area contributed by atoms with Gasteiger partial charge >= 0.3 is 0 Å². The first-order valence-electron chi connectivity index (χ1n) is 7.19. The summed E-state index contributed by atoms with van der Waals surface area (Å²) >= 11 is 0. The van der Waals surface area contributed by atoms with Gasteiger partial charge in [-0.1, -0.05) is 60.7 Å². The van der Waals surface area contributed by atoms with E-state index in [9.17, 15) is 5.11 Å². The smallest absolute Gasteiger partial charge is 0.167 e. The maximum absolute atomic E-state index is 10.4. The molecule has 2 heteroatoms. The highest BCUT2D eigenvalue weighted by Crippen LogP contribution is 2.26. The third-order valence-corrected chi connectivity index (χ3v) is 3.93. The average molecular weight is 266 g/mol. The molecule has 2 nitrogen and oxygen atoms in total. The van der Waals surface area contributed by atoms with Gasteiger partial charge in [0.15, 0.2) is 6.54 Å². The summed E-state index contributed by atoms with van der Waals surface area (Å²) in [5, 5.41) is 10.4. The van der Waals surface area contributed by atoms with Gasteiger partial charge in [-0.25, -0.2) is 4.58 Å². The molecule has 0 aromatic heterocycles. The van der Waals surface area contributed by atoms with Crippen molar-refractivity contribution in [2.75, 3.05) is 6.54 Å². The molecule has 0 bridgehead atoms. The second-order valence-corrected chi connectivity index (χ2v) is 5.41. The lowest BCUT2D eigenvalue weighted by atomic mass is 9.95. The summed E-state index contributed by atoms with van der Waals surface area (Å²) < 4.78 is 2.31. The van der Waals surface area contributed by atoms with Gasteiger partial charge in [0, 0.05) is 12.0 Å². The largest absolute Gasteiger partial charge is 0.388 e. The van der Waals surface area contributed by atoms with Crippen molar-refractivity contribution in [2.24, 2.45) is 5.92 Å². The Morgan fingerprint density at radius 1 is 1.00 bits per heavy atom. The van der Waals surface area contributed by atoms with Crippen LogP contribution in [0.3, 0.4) is 0 Å². The summed E-state index contributed by atoms with van der Waals surface area (Å²) in [6.07, 6.45) is 2.82. The first-order valence-corrected chi connectivity index (χ1v) is 7.19. The first-order chi connectivity index (χ1) is 9.83. The summed E-state index contributed by atoms with van der Waals surface area (Å²) in [4.78, 5) is 0. The summed E-state index contributed by atoms with van der Waals surface area (Å²) in [5.41, 5.74) is 2.33. The number of benzene rings is 2. The van der Waals surface area contributed by atoms with E-state index in [1.165, 1.54) is 5.56 Å². The molecule has 0 saturated heterocycles. The van der Waals surface area contributed by atoms with Gasteiger partial charge in [-0.05, 0) is 5.56 Å². The maximum Gasteiger partial charge on any atom is 0.167 e. The lowest BCUT2D eigenvalue weighted by Crippen LogP contribution is -2.12. The van der Waals surface area contributed by atoms with Crippen molar-refractivity contribution in [1.29, 1.82) is 0 Å². The zero-order valence-corrected chi connectivity index (χ0v) is 11.5. The van der Waals surface area contributed by atoms with Crippen LogP contribution in [0.2, 0.25) is 0 Å². The van der Waals surface area contributed by atoms with E-state index in [0.717, 1.165) is 25.1 Å². The van der Waals surface area contributed by atoms with Gasteiger partial charge in [-0.2, -0.15) is 0 Å². The molecule has 0 aliphatic carbocycles. The van der Waals surface area contributed by atoms with Crippen molar-refractivity contribution in [3.63, 3.8) is 0 Å². The Kier molecular flexibility index (Phi) is 3.93. The molecule has 1 N–H and O–H groups in total. The van der Waals surface area contributed by atoms with E-state index in [1.54, 1.807) is 0 Å².